The maximum Gasteiger partial charge on any atom is 0.225 e. The van der Waals surface area contributed by atoms with Gasteiger partial charge in [-0.2, -0.15) is 0 Å². The molecule has 0 bridgehead atoms. The molecule has 1 N–H and O–H groups in total. The standard InChI is InChI=1S/C18H15NO2/c1-2-12-19-17(20)13-14-8-10-16(11-9-14)18(21)15-6-4-3-5-7-15/h1,3-11H,12-13H2,(H,19,20). The van der Waals surface area contributed by atoms with E-state index < -0.39 is 0 Å². The van der Waals surface area contributed by atoms with Crippen LogP contribution in [0.3, 0.4) is 0 Å². The molecule has 2 aromatic carbocycles. The van der Waals surface area contributed by atoms with E-state index in [0.717, 1.165) is 5.56 Å². The van der Waals surface area contributed by atoms with Crippen LogP contribution in [-0.4, -0.2) is 18.2 Å². The molecule has 0 aliphatic carbocycles. The van der Waals surface area contributed by atoms with E-state index >= 15 is 0 Å². The molecule has 1 amide bonds. The fourth-order valence-electron chi connectivity index (χ4n) is 1.93. The van der Waals surface area contributed by atoms with Crippen molar-refractivity contribution in [3.63, 3.8) is 0 Å². The topological polar surface area (TPSA) is 46.2 Å². The molecule has 0 fully saturated rings. The van der Waals surface area contributed by atoms with Crippen LogP contribution in [0.1, 0.15) is 21.5 Å². The van der Waals surface area contributed by atoms with Gasteiger partial charge in [-0.15, -0.1) is 6.42 Å². The number of benzene rings is 2. The second-order valence-corrected chi connectivity index (χ2v) is 4.55. The Bertz CT molecular complexity index is 667. The van der Waals surface area contributed by atoms with E-state index in [1.54, 1.807) is 36.4 Å². The van der Waals surface area contributed by atoms with Gasteiger partial charge < -0.3 is 5.32 Å². The van der Waals surface area contributed by atoms with E-state index in [4.69, 9.17) is 6.42 Å². The average molecular weight is 277 g/mol. The van der Waals surface area contributed by atoms with E-state index in [0.29, 0.717) is 11.1 Å². The molecule has 0 spiro atoms. The van der Waals surface area contributed by atoms with Crippen molar-refractivity contribution in [2.24, 2.45) is 0 Å². The molecule has 21 heavy (non-hydrogen) atoms. The Morgan fingerprint density at radius 2 is 1.57 bits per heavy atom. The fraction of sp³-hybridized carbons (Fsp3) is 0.111. The van der Waals surface area contributed by atoms with Crippen LogP contribution < -0.4 is 5.32 Å². The monoisotopic (exact) mass is 277 g/mol. The minimum absolute atomic E-state index is 0.0288. The Kier molecular flexibility index (Phi) is 4.89. The number of rotatable bonds is 5. The number of hydrogen-bond acceptors (Lipinski definition) is 2. The van der Waals surface area contributed by atoms with Crippen LogP contribution in [-0.2, 0) is 11.2 Å². The van der Waals surface area contributed by atoms with E-state index in [1.807, 2.05) is 18.2 Å². The third-order valence-electron chi connectivity index (χ3n) is 3.00. The molecule has 104 valence electrons. The van der Waals surface area contributed by atoms with Crippen molar-refractivity contribution in [1.82, 2.24) is 5.32 Å². The second kappa shape index (κ2) is 7.06. The molecular weight excluding hydrogens is 262 g/mol. The number of amides is 1. The molecule has 0 atom stereocenters. The van der Waals surface area contributed by atoms with Crippen LogP contribution in [0, 0.1) is 12.3 Å². The largest absolute Gasteiger partial charge is 0.345 e. The predicted molar refractivity (Wildman–Crippen MR) is 81.9 cm³/mol. The maximum absolute atomic E-state index is 12.2. The van der Waals surface area contributed by atoms with Crippen LogP contribution >= 0.6 is 0 Å². The van der Waals surface area contributed by atoms with Crippen LogP contribution in [0.2, 0.25) is 0 Å². The minimum Gasteiger partial charge on any atom is -0.345 e. The van der Waals surface area contributed by atoms with Crippen molar-refractivity contribution in [2.45, 2.75) is 6.42 Å². The molecule has 3 nitrogen and oxygen atoms in total. The third-order valence-corrected chi connectivity index (χ3v) is 3.00. The number of ketones is 1. The first-order chi connectivity index (χ1) is 10.2. The van der Waals surface area contributed by atoms with Crippen LogP contribution in [0.25, 0.3) is 0 Å². The molecule has 0 aliphatic rings. The van der Waals surface area contributed by atoms with E-state index in [2.05, 4.69) is 11.2 Å². The zero-order valence-electron chi connectivity index (χ0n) is 11.5. The summed E-state index contributed by atoms with van der Waals surface area (Å²) in [6, 6.07) is 16.1. The summed E-state index contributed by atoms with van der Waals surface area (Å²) in [5.41, 5.74) is 2.10. The summed E-state index contributed by atoms with van der Waals surface area (Å²) in [6.45, 7) is 0.226. The van der Waals surface area contributed by atoms with Crippen molar-refractivity contribution in [1.29, 1.82) is 0 Å². The first-order valence-corrected chi connectivity index (χ1v) is 6.59. The van der Waals surface area contributed by atoms with Crippen molar-refractivity contribution >= 4 is 11.7 Å². The summed E-state index contributed by atoms with van der Waals surface area (Å²) in [7, 11) is 0. The molecular formula is C18H15NO2. The number of terminal acetylenes is 1. The van der Waals surface area contributed by atoms with Crippen molar-refractivity contribution in [3.8, 4) is 12.3 Å². The number of nitrogens with one attached hydrogen (secondary N) is 1. The quantitative estimate of drug-likeness (QED) is 0.673. The van der Waals surface area contributed by atoms with Gasteiger partial charge in [-0.05, 0) is 5.56 Å². The highest BCUT2D eigenvalue weighted by molar-refractivity contribution is 6.08. The summed E-state index contributed by atoms with van der Waals surface area (Å²) < 4.78 is 0. The van der Waals surface area contributed by atoms with Gasteiger partial charge in [0.1, 0.15) is 0 Å². The van der Waals surface area contributed by atoms with Gasteiger partial charge in [-0.25, -0.2) is 0 Å². The zero-order valence-corrected chi connectivity index (χ0v) is 11.5. The van der Waals surface area contributed by atoms with Gasteiger partial charge in [-0.3, -0.25) is 9.59 Å². The van der Waals surface area contributed by atoms with Crippen molar-refractivity contribution in [3.05, 3.63) is 71.3 Å². The summed E-state index contributed by atoms with van der Waals surface area (Å²) >= 11 is 0. The van der Waals surface area contributed by atoms with E-state index in [-0.39, 0.29) is 24.7 Å². The SMILES string of the molecule is C#CCNC(=O)Cc1ccc(C(=O)c2ccccc2)cc1. The molecule has 2 aromatic rings. The Hall–Kier alpha value is -2.86. The highest BCUT2D eigenvalue weighted by atomic mass is 16.1. The lowest BCUT2D eigenvalue weighted by atomic mass is 10.0. The summed E-state index contributed by atoms with van der Waals surface area (Å²) in [4.78, 5) is 23.8. The highest BCUT2D eigenvalue weighted by Gasteiger charge is 2.09. The first-order valence-electron chi connectivity index (χ1n) is 6.59. The lowest BCUT2D eigenvalue weighted by molar-refractivity contribution is -0.120. The third kappa shape index (κ3) is 4.05. The molecule has 0 unspecified atom stereocenters. The van der Waals surface area contributed by atoms with Gasteiger partial charge >= 0.3 is 0 Å². The lowest BCUT2D eigenvalue weighted by Crippen LogP contribution is -2.25. The Morgan fingerprint density at radius 1 is 0.952 bits per heavy atom. The van der Waals surface area contributed by atoms with Crippen molar-refractivity contribution in [2.75, 3.05) is 6.54 Å². The molecule has 3 heteroatoms. The highest BCUT2D eigenvalue weighted by Crippen LogP contribution is 2.11. The molecule has 0 aliphatic heterocycles. The number of carbonyl (C=O) groups is 2. The predicted octanol–water partition coefficient (Wildman–Crippen LogP) is 2.21. The first kappa shape index (κ1) is 14.5. The van der Waals surface area contributed by atoms with Gasteiger partial charge in [0.15, 0.2) is 5.78 Å². The Balaban J connectivity index is 2.04. The average Bonchev–Trinajstić information content (AvgIpc) is 2.54. The molecule has 0 saturated carbocycles. The fourth-order valence-corrected chi connectivity index (χ4v) is 1.93. The molecule has 0 radical (unpaired) electrons. The number of carbonyl (C=O) groups excluding carboxylic acids is 2. The summed E-state index contributed by atoms with van der Waals surface area (Å²) in [5.74, 6) is 2.19. The van der Waals surface area contributed by atoms with Gasteiger partial charge in [0.05, 0.1) is 13.0 Å². The lowest BCUT2D eigenvalue weighted by Gasteiger charge is -2.04. The zero-order chi connectivity index (χ0) is 15.1. The maximum atomic E-state index is 12.2. The normalized spacial score (nSPS) is 9.67. The van der Waals surface area contributed by atoms with Crippen LogP contribution in [0.5, 0.6) is 0 Å². The Morgan fingerprint density at radius 3 is 2.19 bits per heavy atom. The number of hydrogen-bond donors (Lipinski definition) is 1. The van der Waals surface area contributed by atoms with E-state index in [1.165, 1.54) is 0 Å². The van der Waals surface area contributed by atoms with Crippen molar-refractivity contribution < 1.29 is 9.59 Å². The van der Waals surface area contributed by atoms with Gasteiger partial charge in [0.25, 0.3) is 0 Å². The van der Waals surface area contributed by atoms with E-state index in [9.17, 15) is 9.59 Å². The minimum atomic E-state index is -0.130. The molecule has 0 heterocycles. The van der Waals surface area contributed by atoms with Crippen LogP contribution in [0.4, 0.5) is 0 Å². The van der Waals surface area contributed by atoms with Gasteiger partial charge in [0, 0.05) is 11.1 Å². The summed E-state index contributed by atoms with van der Waals surface area (Å²) in [6.07, 6.45) is 5.33. The Labute approximate surface area is 124 Å². The molecule has 0 aromatic heterocycles. The van der Waals surface area contributed by atoms with Crippen LogP contribution in [0.15, 0.2) is 54.6 Å². The van der Waals surface area contributed by atoms with Gasteiger partial charge in [-0.1, -0.05) is 60.5 Å². The summed E-state index contributed by atoms with van der Waals surface area (Å²) in [5, 5.41) is 2.60. The van der Waals surface area contributed by atoms with Gasteiger partial charge in [0.2, 0.25) is 5.91 Å². The smallest absolute Gasteiger partial charge is 0.225 e. The molecule has 2 rings (SSSR count). The molecule has 0 saturated heterocycles. The second-order valence-electron chi connectivity index (χ2n) is 4.55.